The lowest BCUT2D eigenvalue weighted by atomic mass is 9.95. The van der Waals surface area contributed by atoms with Crippen LogP contribution in [0.2, 0.25) is 0 Å². The third-order valence-electron chi connectivity index (χ3n) is 5.68. The van der Waals surface area contributed by atoms with Gasteiger partial charge in [-0.05, 0) is 36.8 Å². The van der Waals surface area contributed by atoms with Crippen LogP contribution in [0.5, 0.6) is 0 Å². The highest BCUT2D eigenvalue weighted by Gasteiger charge is 2.22. The van der Waals surface area contributed by atoms with Crippen LogP contribution in [0.4, 0.5) is 0 Å². The van der Waals surface area contributed by atoms with E-state index < -0.39 is 0 Å². The van der Waals surface area contributed by atoms with E-state index in [0.29, 0.717) is 6.54 Å². The van der Waals surface area contributed by atoms with Gasteiger partial charge in [0.15, 0.2) is 0 Å². The molecule has 1 unspecified atom stereocenters. The predicted molar refractivity (Wildman–Crippen MR) is 96.1 cm³/mol. The highest BCUT2D eigenvalue weighted by molar-refractivity contribution is 5.78. The van der Waals surface area contributed by atoms with Crippen LogP contribution in [-0.2, 0) is 9.53 Å². The molecule has 1 heterocycles. The number of nitrogens with zero attached hydrogens (tertiary/aromatic N) is 2. The number of benzene rings is 1. The average Bonchev–Trinajstić information content (AvgIpc) is 3.16. The summed E-state index contributed by atoms with van der Waals surface area (Å²) in [5.41, 5.74) is 2.68. The molecule has 2 fully saturated rings. The molecular formula is C20H30N2O2. The first-order valence-corrected chi connectivity index (χ1v) is 9.31. The Hall–Kier alpha value is -1.39. The van der Waals surface area contributed by atoms with Gasteiger partial charge in [0.05, 0.1) is 25.8 Å². The highest BCUT2D eigenvalue weighted by atomic mass is 16.5. The third kappa shape index (κ3) is 4.17. The maximum atomic E-state index is 12.5. The van der Waals surface area contributed by atoms with E-state index in [0.717, 1.165) is 32.2 Å². The number of carbonyl (C=O) groups is 1. The first kappa shape index (κ1) is 17.4. The summed E-state index contributed by atoms with van der Waals surface area (Å²) in [4.78, 5) is 16.6. The van der Waals surface area contributed by atoms with Gasteiger partial charge < -0.3 is 9.64 Å². The normalized spacial score (nSPS) is 20.9. The van der Waals surface area contributed by atoms with E-state index in [2.05, 4.69) is 36.1 Å². The molecule has 24 heavy (non-hydrogen) atoms. The molecule has 1 saturated carbocycles. The molecule has 1 atom stereocenters. The summed E-state index contributed by atoms with van der Waals surface area (Å²) in [6.45, 7) is 5.77. The van der Waals surface area contributed by atoms with Gasteiger partial charge in [-0.1, -0.05) is 37.1 Å². The summed E-state index contributed by atoms with van der Waals surface area (Å²) in [5, 5.41) is 0. The van der Waals surface area contributed by atoms with Gasteiger partial charge in [-0.15, -0.1) is 0 Å². The molecule has 1 aliphatic heterocycles. The van der Waals surface area contributed by atoms with Crippen molar-refractivity contribution in [1.82, 2.24) is 9.80 Å². The van der Waals surface area contributed by atoms with Crippen molar-refractivity contribution in [1.29, 1.82) is 0 Å². The highest BCUT2D eigenvalue weighted by Crippen LogP contribution is 2.34. The van der Waals surface area contributed by atoms with Crippen molar-refractivity contribution in [3.05, 3.63) is 35.4 Å². The molecule has 4 nitrogen and oxygen atoms in total. The molecule has 1 aliphatic carbocycles. The van der Waals surface area contributed by atoms with E-state index in [1.807, 2.05) is 11.9 Å². The number of carbonyl (C=O) groups excluding carboxylic acids is 1. The number of hydrogen-bond acceptors (Lipinski definition) is 3. The molecule has 1 aromatic carbocycles. The molecule has 0 spiro atoms. The molecule has 1 amide bonds. The number of morpholine rings is 1. The van der Waals surface area contributed by atoms with Crippen molar-refractivity contribution in [3.8, 4) is 0 Å². The quantitative estimate of drug-likeness (QED) is 0.831. The van der Waals surface area contributed by atoms with Crippen LogP contribution < -0.4 is 0 Å². The number of rotatable bonds is 5. The molecular weight excluding hydrogens is 300 g/mol. The lowest BCUT2D eigenvalue weighted by molar-refractivity contribution is -0.134. The Morgan fingerprint density at radius 3 is 2.46 bits per heavy atom. The van der Waals surface area contributed by atoms with E-state index in [4.69, 9.17) is 4.74 Å². The van der Waals surface area contributed by atoms with E-state index in [-0.39, 0.29) is 11.9 Å². The van der Waals surface area contributed by atoms with Crippen LogP contribution in [0.1, 0.15) is 55.7 Å². The zero-order valence-electron chi connectivity index (χ0n) is 15.0. The molecule has 1 aromatic rings. The summed E-state index contributed by atoms with van der Waals surface area (Å²) in [5.74, 6) is 0.930. The van der Waals surface area contributed by atoms with Crippen LogP contribution in [0.3, 0.4) is 0 Å². The fraction of sp³-hybridized carbons (Fsp3) is 0.650. The minimum atomic E-state index is 0.108. The Kier molecular flexibility index (Phi) is 5.90. The van der Waals surface area contributed by atoms with E-state index in [9.17, 15) is 4.79 Å². The van der Waals surface area contributed by atoms with Gasteiger partial charge in [-0.3, -0.25) is 9.69 Å². The monoisotopic (exact) mass is 330 g/mol. The standard InChI is InChI=1S/C20H30N2O2/c1-16(21(2)20(23)15-22-11-13-24-14-12-22)17-7-9-19(10-8-17)18-5-3-4-6-18/h7-10,16,18H,3-6,11-15H2,1-2H3. The summed E-state index contributed by atoms with van der Waals surface area (Å²) in [7, 11) is 1.92. The maximum Gasteiger partial charge on any atom is 0.236 e. The number of likely N-dealkylation sites (N-methyl/N-ethyl adjacent to an activating group) is 1. The Balaban J connectivity index is 1.57. The fourth-order valence-corrected chi connectivity index (χ4v) is 3.81. The van der Waals surface area contributed by atoms with Crippen molar-refractivity contribution in [2.45, 2.75) is 44.6 Å². The topological polar surface area (TPSA) is 32.8 Å². The lowest BCUT2D eigenvalue weighted by Crippen LogP contribution is -2.44. The Morgan fingerprint density at radius 2 is 1.83 bits per heavy atom. The largest absolute Gasteiger partial charge is 0.379 e. The van der Waals surface area contributed by atoms with Crippen molar-refractivity contribution in [2.24, 2.45) is 0 Å². The van der Waals surface area contributed by atoms with Gasteiger partial charge in [0.25, 0.3) is 0 Å². The SMILES string of the molecule is CC(c1ccc(C2CCCC2)cc1)N(C)C(=O)CN1CCOCC1. The number of hydrogen-bond donors (Lipinski definition) is 0. The van der Waals surface area contributed by atoms with Crippen LogP contribution in [-0.4, -0.2) is 55.6 Å². The number of amides is 1. The van der Waals surface area contributed by atoms with Crippen LogP contribution >= 0.6 is 0 Å². The summed E-state index contributed by atoms with van der Waals surface area (Å²) >= 11 is 0. The molecule has 132 valence electrons. The summed E-state index contributed by atoms with van der Waals surface area (Å²) < 4.78 is 5.35. The van der Waals surface area contributed by atoms with Gasteiger partial charge in [0.2, 0.25) is 5.91 Å². The minimum absolute atomic E-state index is 0.108. The second-order valence-electron chi connectivity index (χ2n) is 7.22. The molecule has 1 saturated heterocycles. The smallest absolute Gasteiger partial charge is 0.236 e. The molecule has 0 N–H and O–H groups in total. The lowest BCUT2D eigenvalue weighted by Gasteiger charge is -2.31. The Labute approximate surface area is 145 Å². The maximum absolute atomic E-state index is 12.5. The summed E-state index contributed by atoms with van der Waals surface area (Å²) in [6, 6.07) is 9.05. The van der Waals surface area contributed by atoms with E-state index in [1.54, 1.807) is 0 Å². The molecule has 0 bridgehead atoms. The van der Waals surface area contributed by atoms with E-state index >= 15 is 0 Å². The van der Waals surface area contributed by atoms with Gasteiger partial charge in [-0.25, -0.2) is 0 Å². The van der Waals surface area contributed by atoms with E-state index in [1.165, 1.54) is 36.8 Å². The molecule has 4 heteroatoms. The van der Waals surface area contributed by atoms with Crippen molar-refractivity contribution in [2.75, 3.05) is 39.9 Å². The van der Waals surface area contributed by atoms with Gasteiger partial charge in [0, 0.05) is 20.1 Å². The Bertz CT molecular complexity index is 531. The Morgan fingerprint density at radius 1 is 1.21 bits per heavy atom. The minimum Gasteiger partial charge on any atom is -0.379 e. The van der Waals surface area contributed by atoms with Crippen LogP contribution in [0.15, 0.2) is 24.3 Å². The van der Waals surface area contributed by atoms with Gasteiger partial charge in [0.1, 0.15) is 0 Å². The second kappa shape index (κ2) is 8.13. The van der Waals surface area contributed by atoms with Crippen molar-refractivity contribution in [3.63, 3.8) is 0 Å². The van der Waals surface area contributed by atoms with Gasteiger partial charge in [-0.2, -0.15) is 0 Å². The molecule has 0 radical (unpaired) electrons. The molecule has 3 rings (SSSR count). The molecule has 0 aromatic heterocycles. The van der Waals surface area contributed by atoms with Gasteiger partial charge >= 0.3 is 0 Å². The first-order chi connectivity index (χ1) is 11.6. The zero-order chi connectivity index (χ0) is 16.9. The second-order valence-corrected chi connectivity index (χ2v) is 7.22. The third-order valence-corrected chi connectivity index (χ3v) is 5.68. The molecule has 2 aliphatic rings. The van der Waals surface area contributed by atoms with Crippen molar-refractivity contribution >= 4 is 5.91 Å². The van der Waals surface area contributed by atoms with Crippen LogP contribution in [0.25, 0.3) is 0 Å². The number of ether oxygens (including phenoxy) is 1. The first-order valence-electron chi connectivity index (χ1n) is 9.31. The van der Waals surface area contributed by atoms with Crippen LogP contribution in [0, 0.1) is 0 Å². The van der Waals surface area contributed by atoms with Crippen molar-refractivity contribution < 1.29 is 9.53 Å². The average molecular weight is 330 g/mol. The summed E-state index contributed by atoms with van der Waals surface area (Å²) in [6.07, 6.45) is 5.38. The predicted octanol–water partition coefficient (Wildman–Crippen LogP) is 3.20. The fourth-order valence-electron chi connectivity index (χ4n) is 3.81. The zero-order valence-corrected chi connectivity index (χ0v) is 15.0.